The molecule has 0 saturated carbocycles. The Kier molecular flexibility index (Phi) is 4.60. The molecule has 134 valence electrons. The molecule has 0 fully saturated rings. The van der Waals surface area contributed by atoms with Gasteiger partial charge < -0.3 is 0 Å². The van der Waals surface area contributed by atoms with E-state index in [-0.39, 0.29) is 0 Å². The van der Waals surface area contributed by atoms with Crippen LogP contribution >= 0.6 is 11.6 Å². The van der Waals surface area contributed by atoms with Crippen LogP contribution in [0.1, 0.15) is 5.56 Å². The summed E-state index contributed by atoms with van der Waals surface area (Å²) in [4.78, 5) is 31.7. The van der Waals surface area contributed by atoms with Crippen molar-refractivity contribution in [2.75, 3.05) is 0 Å². The first-order valence-corrected chi connectivity index (χ1v) is 8.93. The maximum absolute atomic E-state index is 12.6. The zero-order valence-electron chi connectivity index (χ0n) is 14.4. The molecule has 0 unspecified atom stereocenters. The number of nitrogens with one attached hydrogen (secondary N) is 1. The lowest BCUT2D eigenvalue weighted by Gasteiger charge is -2.11. The lowest BCUT2D eigenvalue weighted by atomic mass is 10.0. The summed E-state index contributed by atoms with van der Waals surface area (Å²) in [6.07, 6.45) is 2.28. The van der Waals surface area contributed by atoms with Gasteiger partial charge in [0.1, 0.15) is 5.65 Å². The molecule has 0 radical (unpaired) electrons. The van der Waals surface area contributed by atoms with Crippen LogP contribution in [0.2, 0.25) is 5.02 Å². The lowest BCUT2D eigenvalue weighted by molar-refractivity contribution is 0.666. The van der Waals surface area contributed by atoms with E-state index < -0.39 is 11.2 Å². The van der Waals surface area contributed by atoms with Gasteiger partial charge in [0.15, 0.2) is 0 Å². The van der Waals surface area contributed by atoms with E-state index in [4.69, 9.17) is 11.6 Å². The highest BCUT2D eigenvalue weighted by molar-refractivity contribution is 6.30. The van der Waals surface area contributed by atoms with E-state index in [1.165, 1.54) is 4.57 Å². The molecule has 2 heterocycles. The van der Waals surface area contributed by atoms with Crippen LogP contribution in [0.25, 0.3) is 22.2 Å². The van der Waals surface area contributed by atoms with Gasteiger partial charge in [-0.05, 0) is 41.3 Å². The first-order valence-electron chi connectivity index (χ1n) is 8.55. The summed E-state index contributed by atoms with van der Waals surface area (Å²) >= 11 is 5.97. The van der Waals surface area contributed by atoms with E-state index in [1.807, 2.05) is 42.5 Å². The fourth-order valence-corrected chi connectivity index (χ4v) is 3.29. The van der Waals surface area contributed by atoms with Crippen LogP contribution in [0.15, 0.2) is 76.4 Å². The number of fused-ring (bicyclic) bond motifs is 1. The van der Waals surface area contributed by atoms with E-state index >= 15 is 0 Å². The van der Waals surface area contributed by atoms with Crippen LogP contribution in [0.4, 0.5) is 0 Å². The van der Waals surface area contributed by atoms with E-state index in [0.29, 0.717) is 34.6 Å². The summed E-state index contributed by atoms with van der Waals surface area (Å²) in [5.41, 5.74) is 2.15. The van der Waals surface area contributed by atoms with Crippen molar-refractivity contribution in [3.05, 3.63) is 98.3 Å². The van der Waals surface area contributed by atoms with Crippen molar-refractivity contribution in [2.45, 2.75) is 13.0 Å². The number of nitrogens with zero attached hydrogens (tertiary/aromatic N) is 2. The molecule has 2 aromatic heterocycles. The second-order valence-corrected chi connectivity index (χ2v) is 6.65. The number of aryl methyl sites for hydroxylation is 2. The number of benzene rings is 2. The number of halogens is 1. The average Bonchev–Trinajstić information content (AvgIpc) is 2.68. The number of aromatic nitrogens is 3. The van der Waals surface area contributed by atoms with Gasteiger partial charge in [-0.3, -0.25) is 14.3 Å². The maximum Gasteiger partial charge on any atom is 0.330 e. The Bertz CT molecular complexity index is 1210. The number of pyridine rings is 1. The summed E-state index contributed by atoms with van der Waals surface area (Å²) in [7, 11) is 0. The van der Waals surface area contributed by atoms with Gasteiger partial charge in [0.05, 0.1) is 5.39 Å². The fourth-order valence-electron chi connectivity index (χ4n) is 3.17. The second-order valence-electron chi connectivity index (χ2n) is 6.21. The molecule has 4 rings (SSSR count). The van der Waals surface area contributed by atoms with Gasteiger partial charge in [-0.1, -0.05) is 54.1 Å². The number of aromatic amines is 1. The Morgan fingerprint density at radius 2 is 1.70 bits per heavy atom. The Morgan fingerprint density at radius 1 is 0.963 bits per heavy atom. The van der Waals surface area contributed by atoms with Crippen LogP contribution in [0.3, 0.4) is 0 Å². The SMILES string of the molecule is O=c1[nH]c(=O)n(CCc2ccccc2)c2nccc(-c3ccc(Cl)cc3)c12. The first-order chi connectivity index (χ1) is 13.1. The largest absolute Gasteiger partial charge is 0.330 e. The van der Waals surface area contributed by atoms with Crippen molar-refractivity contribution in [1.82, 2.24) is 14.5 Å². The van der Waals surface area contributed by atoms with Crippen LogP contribution in [-0.4, -0.2) is 14.5 Å². The van der Waals surface area contributed by atoms with Gasteiger partial charge in [-0.25, -0.2) is 9.78 Å². The Balaban J connectivity index is 1.86. The highest BCUT2D eigenvalue weighted by Gasteiger charge is 2.14. The molecule has 0 aliphatic rings. The molecule has 0 bridgehead atoms. The van der Waals surface area contributed by atoms with E-state index in [0.717, 1.165) is 11.1 Å². The average molecular weight is 378 g/mol. The molecule has 5 nitrogen and oxygen atoms in total. The third kappa shape index (κ3) is 3.41. The summed E-state index contributed by atoms with van der Waals surface area (Å²) in [6, 6.07) is 18.9. The minimum Gasteiger partial charge on any atom is -0.277 e. The molecule has 2 aromatic carbocycles. The zero-order chi connectivity index (χ0) is 18.8. The minimum absolute atomic E-state index is 0.382. The van der Waals surface area contributed by atoms with Crippen molar-refractivity contribution in [2.24, 2.45) is 0 Å². The second kappa shape index (κ2) is 7.21. The van der Waals surface area contributed by atoms with Crippen molar-refractivity contribution >= 4 is 22.6 Å². The van der Waals surface area contributed by atoms with Gasteiger partial charge in [0.25, 0.3) is 5.56 Å². The molecule has 4 aromatic rings. The van der Waals surface area contributed by atoms with Gasteiger partial charge >= 0.3 is 5.69 Å². The van der Waals surface area contributed by atoms with Crippen molar-refractivity contribution in [1.29, 1.82) is 0 Å². The molecule has 0 aliphatic heterocycles. The fraction of sp³-hybridized carbons (Fsp3) is 0.0952. The molecule has 0 aliphatic carbocycles. The van der Waals surface area contributed by atoms with Gasteiger partial charge in [-0.2, -0.15) is 0 Å². The molecule has 0 atom stereocenters. The smallest absolute Gasteiger partial charge is 0.277 e. The van der Waals surface area contributed by atoms with Crippen molar-refractivity contribution in [3.63, 3.8) is 0 Å². The summed E-state index contributed by atoms with van der Waals surface area (Å²) in [5.74, 6) is 0. The monoisotopic (exact) mass is 377 g/mol. The molecule has 1 N–H and O–H groups in total. The normalized spacial score (nSPS) is 11.0. The van der Waals surface area contributed by atoms with Crippen LogP contribution in [0, 0.1) is 0 Å². The maximum atomic E-state index is 12.6. The number of hydrogen-bond acceptors (Lipinski definition) is 3. The Hall–Kier alpha value is -3.18. The van der Waals surface area contributed by atoms with Gasteiger partial charge in [0.2, 0.25) is 0 Å². The summed E-state index contributed by atoms with van der Waals surface area (Å²) in [6.45, 7) is 0.424. The van der Waals surface area contributed by atoms with Gasteiger partial charge in [-0.15, -0.1) is 0 Å². The van der Waals surface area contributed by atoms with Crippen LogP contribution in [-0.2, 0) is 13.0 Å². The molecule has 27 heavy (non-hydrogen) atoms. The number of hydrogen-bond donors (Lipinski definition) is 1. The minimum atomic E-state index is -0.454. The standard InChI is InChI=1S/C21H16ClN3O2/c22-16-8-6-15(7-9-16)17-10-12-23-19-18(17)20(26)24-21(27)25(19)13-11-14-4-2-1-3-5-14/h1-10,12H,11,13H2,(H,24,26,27). The van der Waals surface area contributed by atoms with Crippen molar-refractivity contribution in [3.8, 4) is 11.1 Å². The van der Waals surface area contributed by atoms with Crippen LogP contribution < -0.4 is 11.2 Å². The van der Waals surface area contributed by atoms with E-state index in [1.54, 1.807) is 24.4 Å². The third-order valence-corrected chi connectivity index (χ3v) is 4.75. The summed E-state index contributed by atoms with van der Waals surface area (Å²) in [5, 5.41) is 1.01. The molecule has 0 saturated heterocycles. The lowest BCUT2D eigenvalue weighted by Crippen LogP contribution is -2.31. The molecular formula is C21H16ClN3O2. The topological polar surface area (TPSA) is 67.8 Å². The quantitative estimate of drug-likeness (QED) is 0.590. The Labute approximate surface area is 159 Å². The third-order valence-electron chi connectivity index (χ3n) is 4.50. The Morgan fingerprint density at radius 3 is 2.44 bits per heavy atom. The predicted molar refractivity (Wildman–Crippen MR) is 107 cm³/mol. The van der Waals surface area contributed by atoms with E-state index in [2.05, 4.69) is 9.97 Å². The van der Waals surface area contributed by atoms with Gasteiger partial charge in [0, 0.05) is 17.8 Å². The number of H-pyrrole nitrogens is 1. The first kappa shape index (κ1) is 17.2. The molecular weight excluding hydrogens is 362 g/mol. The number of rotatable bonds is 4. The summed E-state index contributed by atoms with van der Waals surface area (Å²) < 4.78 is 1.52. The molecule has 6 heteroatoms. The zero-order valence-corrected chi connectivity index (χ0v) is 15.1. The highest BCUT2D eigenvalue weighted by Crippen LogP contribution is 2.25. The highest BCUT2D eigenvalue weighted by atomic mass is 35.5. The van der Waals surface area contributed by atoms with Crippen molar-refractivity contribution < 1.29 is 0 Å². The van der Waals surface area contributed by atoms with Crippen LogP contribution in [0.5, 0.6) is 0 Å². The van der Waals surface area contributed by atoms with E-state index in [9.17, 15) is 9.59 Å². The predicted octanol–water partition coefficient (Wildman–Crippen LogP) is 3.65. The molecule has 0 spiro atoms. The molecule has 0 amide bonds.